The van der Waals surface area contributed by atoms with Gasteiger partial charge in [-0.3, -0.25) is 4.90 Å². The van der Waals surface area contributed by atoms with E-state index in [0.29, 0.717) is 37.0 Å². The lowest BCUT2D eigenvalue weighted by molar-refractivity contribution is 0.193. The van der Waals surface area contributed by atoms with E-state index in [1.165, 1.54) is 12.1 Å². The van der Waals surface area contributed by atoms with E-state index in [1.54, 1.807) is 0 Å². The lowest BCUT2D eigenvalue weighted by Gasteiger charge is -2.31. The second-order valence-corrected chi connectivity index (χ2v) is 9.04. The molecule has 0 bridgehead atoms. The van der Waals surface area contributed by atoms with Crippen molar-refractivity contribution in [2.45, 2.75) is 50.6 Å². The number of nitrogens with one attached hydrogen (secondary N) is 1. The van der Waals surface area contributed by atoms with Crippen LogP contribution >= 0.6 is 0 Å². The summed E-state index contributed by atoms with van der Waals surface area (Å²) in [5.74, 6) is 1.32. The van der Waals surface area contributed by atoms with Crippen molar-refractivity contribution in [1.29, 1.82) is 0 Å². The lowest BCUT2D eigenvalue weighted by atomic mass is 10.1. The maximum Gasteiger partial charge on any atom is 0.240 e. The average molecular weight is 396 g/mol. The number of rotatable bonds is 7. The highest BCUT2D eigenvalue weighted by Gasteiger charge is 2.25. The molecule has 0 unspecified atom stereocenters. The molecule has 1 fully saturated rings. The zero-order chi connectivity index (χ0) is 19.4. The van der Waals surface area contributed by atoms with Crippen molar-refractivity contribution in [3.63, 3.8) is 0 Å². The maximum absolute atomic E-state index is 13.0. The van der Waals surface area contributed by atoms with Crippen molar-refractivity contribution in [3.8, 4) is 0 Å². The Hall–Kier alpha value is -1.84. The summed E-state index contributed by atoms with van der Waals surface area (Å²) >= 11 is 0. The third kappa shape index (κ3) is 5.57. The van der Waals surface area contributed by atoms with Crippen LogP contribution in [-0.2, 0) is 23.0 Å². The zero-order valence-corrected chi connectivity index (χ0v) is 16.4. The molecule has 0 atom stereocenters. The number of hydrogen-bond donors (Lipinski definition) is 1. The summed E-state index contributed by atoms with van der Waals surface area (Å²) in [6, 6.07) is 4.71. The van der Waals surface area contributed by atoms with Crippen molar-refractivity contribution in [2.75, 3.05) is 13.1 Å². The van der Waals surface area contributed by atoms with Gasteiger partial charge in [0.2, 0.25) is 15.9 Å². The van der Waals surface area contributed by atoms with E-state index >= 15 is 0 Å². The maximum atomic E-state index is 13.0. The molecule has 2 heterocycles. The topological polar surface area (TPSA) is 88.3 Å². The Morgan fingerprint density at radius 2 is 1.93 bits per heavy atom. The van der Waals surface area contributed by atoms with Gasteiger partial charge in [0.15, 0.2) is 5.82 Å². The molecule has 1 aliphatic heterocycles. The van der Waals surface area contributed by atoms with E-state index in [9.17, 15) is 12.8 Å². The van der Waals surface area contributed by atoms with Crippen LogP contribution in [0, 0.1) is 11.7 Å². The van der Waals surface area contributed by atoms with Crippen LogP contribution in [0.5, 0.6) is 0 Å². The Kier molecular flexibility index (Phi) is 6.23. The predicted molar refractivity (Wildman–Crippen MR) is 97.9 cm³/mol. The van der Waals surface area contributed by atoms with Crippen LogP contribution in [0.2, 0.25) is 0 Å². The highest BCUT2D eigenvalue weighted by atomic mass is 32.2. The standard InChI is InChI=1S/C18H25FN4O3S/c1-13(2)11-18-20-17(21-26-18)12-23-9-7-15(8-10-23)22-27(24,25)16-5-3-14(19)4-6-16/h3-6,13,15,22H,7-12H2,1-2H3. The second kappa shape index (κ2) is 8.45. The highest BCUT2D eigenvalue weighted by molar-refractivity contribution is 7.89. The van der Waals surface area contributed by atoms with Gasteiger partial charge in [-0.15, -0.1) is 0 Å². The number of nitrogens with zero attached hydrogens (tertiary/aromatic N) is 3. The minimum absolute atomic E-state index is 0.0795. The molecular formula is C18H25FN4O3S. The summed E-state index contributed by atoms with van der Waals surface area (Å²) in [6.07, 6.45) is 2.15. The normalized spacial score (nSPS) is 16.9. The van der Waals surface area contributed by atoms with Gasteiger partial charge in [-0.25, -0.2) is 17.5 Å². The van der Waals surface area contributed by atoms with Crippen LogP contribution in [0.4, 0.5) is 4.39 Å². The van der Waals surface area contributed by atoms with Gasteiger partial charge in [-0.1, -0.05) is 19.0 Å². The predicted octanol–water partition coefficient (Wildman–Crippen LogP) is 2.35. The molecule has 0 spiro atoms. The van der Waals surface area contributed by atoms with Crippen molar-refractivity contribution >= 4 is 10.0 Å². The molecule has 1 aliphatic rings. The molecule has 7 nitrogen and oxygen atoms in total. The monoisotopic (exact) mass is 396 g/mol. The SMILES string of the molecule is CC(C)Cc1nc(CN2CCC(NS(=O)(=O)c3ccc(F)cc3)CC2)no1. The van der Waals surface area contributed by atoms with Gasteiger partial charge in [-0.2, -0.15) is 4.98 Å². The van der Waals surface area contributed by atoms with E-state index in [0.717, 1.165) is 31.6 Å². The third-order valence-corrected chi connectivity index (χ3v) is 6.03. The van der Waals surface area contributed by atoms with Gasteiger partial charge in [0.05, 0.1) is 11.4 Å². The molecule has 3 rings (SSSR count). The number of benzene rings is 1. The largest absolute Gasteiger partial charge is 0.339 e. The van der Waals surface area contributed by atoms with E-state index in [2.05, 4.69) is 33.6 Å². The van der Waals surface area contributed by atoms with Gasteiger partial charge in [0, 0.05) is 25.6 Å². The summed E-state index contributed by atoms with van der Waals surface area (Å²) < 4.78 is 45.7. The van der Waals surface area contributed by atoms with Gasteiger partial charge in [0.1, 0.15) is 5.82 Å². The molecule has 1 aromatic carbocycles. The second-order valence-electron chi connectivity index (χ2n) is 7.33. The van der Waals surface area contributed by atoms with Crippen molar-refractivity contribution < 1.29 is 17.3 Å². The van der Waals surface area contributed by atoms with Crippen LogP contribution in [-0.4, -0.2) is 42.6 Å². The zero-order valence-electron chi connectivity index (χ0n) is 15.6. The number of likely N-dealkylation sites (tertiary alicyclic amines) is 1. The molecule has 27 heavy (non-hydrogen) atoms. The first-order valence-corrected chi connectivity index (χ1v) is 10.6. The minimum atomic E-state index is -3.64. The van der Waals surface area contributed by atoms with Gasteiger partial charge < -0.3 is 4.52 Å². The summed E-state index contributed by atoms with van der Waals surface area (Å²) in [6.45, 7) is 6.28. The quantitative estimate of drug-likeness (QED) is 0.773. The Labute approximate surface area is 159 Å². The first-order chi connectivity index (χ1) is 12.8. The average Bonchev–Trinajstić information content (AvgIpc) is 3.03. The highest BCUT2D eigenvalue weighted by Crippen LogP contribution is 2.17. The van der Waals surface area contributed by atoms with Crippen molar-refractivity contribution in [3.05, 3.63) is 41.8 Å². The Balaban J connectivity index is 1.50. The Bertz CT molecular complexity index is 844. The molecule has 1 N–H and O–H groups in total. The molecule has 148 valence electrons. The first-order valence-electron chi connectivity index (χ1n) is 9.13. The molecule has 0 aliphatic carbocycles. The molecule has 0 amide bonds. The molecule has 1 saturated heterocycles. The fourth-order valence-corrected chi connectivity index (χ4v) is 4.40. The van der Waals surface area contributed by atoms with E-state index in [4.69, 9.17) is 4.52 Å². The summed E-state index contributed by atoms with van der Waals surface area (Å²) in [5, 5.41) is 4.02. The number of sulfonamides is 1. The number of hydrogen-bond acceptors (Lipinski definition) is 6. The smallest absolute Gasteiger partial charge is 0.240 e. The van der Waals surface area contributed by atoms with Crippen LogP contribution in [0.25, 0.3) is 0 Å². The van der Waals surface area contributed by atoms with Crippen LogP contribution in [0.3, 0.4) is 0 Å². The van der Waals surface area contributed by atoms with Crippen LogP contribution < -0.4 is 4.72 Å². The number of aromatic nitrogens is 2. The van der Waals surface area contributed by atoms with Crippen molar-refractivity contribution in [2.24, 2.45) is 5.92 Å². The number of halogens is 1. The fourth-order valence-electron chi connectivity index (χ4n) is 3.10. The Morgan fingerprint density at radius 3 is 2.56 bits per heavy atom. The third-order valence-electron chi connectivity index (χ3n) is 4.49. The minimum Gasteiger partial charge on any atom is -0.339 e. The molecular weight excluding hydrogens is 371 g/mol. The molecule has 1 aromatic heterocycles. The lowest BCUT2D eigenvalue weighted by Crippen LogP contribution is -2.44. The fraction of sp³-hybridized carbons (Fsp3) is 0.556. The van der Waals surface area contributed by atoms with Gasteiger partial charge >= 0.3 is 0 Å². The van der Waals surface area contributed by atoms with Crippen LogP contribution in [0.1, 0.15) is 38.4 Å². The van der Waals surface area contributed by atoms with Crippen LogP contribution in [0.15, 0.2) is 33.7 Å². The van der Waals surface area contributed by atoms with E-state index in [-0.39, 0.29) is 10.9 Å². The van der Waals surface area contributed by atoms with Gasteiger partial charge in [-0.05, 0) is 43.0 Å². The van der Waals surface area contributed by atoms with E-state index < -0.39 is 15.8 Å². The number of piperidine rings is 1. The first kappa shape index (κ1) is 19.9. The summed E-state index contributed by atoms with van der Waals surface area (Å²) in [4.78, 5) is 6.67. The van der Waals surface area contributed by atoms with Gasteiger partial charge in [0.25, 0.3) is 0 Å². The summed E-state index contributed by atoms with van der Waals surface area (Å²) in [7, 11) is -3.64. The molecule has 2 aromatic rings. The van der Waals surface area contributed by atoms with Crippen molar-refractivity contribution in [1.82, 2.24) is 19.8 Å². The molecule has 0 radical (unpaired) electrons. The van der Waals surface area contributed by atoms with E-state index in [1.807, 2.05) is 0 Å². The molecule has 0 saturated carbocycles. The Morgan fingerprint density at radius 1 is 1.26 bits per heavy atom. The molecule has 9 heteroatoms. The summed E-state index contributed by atoms with van der Waals surface area (Å²) in [5.41, 5.74) is 0.